The van der Waals surface area contributed by atoms with Gasteiger partial charge in [0.15, 0.2) is 0 Å². The molecular weight excluding hydrogens is 302 g/mol. The quantitative estimate of drug-likeness (QED) is 0.908. The van der Waals surface area contributed by atoms with E-state index in [-0.39, 0.29) is 5.91 Å². The maximum Gasteiger partial charge on any atom is 0.248 e. The van der Waals surface area contributed by atoms with E-state index >= 15 is 0 Å². The molecule has 0 aromatic heterocycles. The SMILES string of the molecule is C[C@@H]1CCc2ccccc2N1CC(=O)Nc1ccc(C(N)=O)cc1. The van der Waals surface area contributed by atoms with Crippen LogP contribution in [0.5, 0.6) is 0 Å². The molecule has 1 aliphatic heterocycles. The van der Waals surface area contributed by atoms with Gasteiger partial charge in [-0.3, -0.25) is 9.59 Å². The van der Waals surface area contributed by atoms with Crippen LogP contribution in [0.1, 0.15) is 29.3 Å². The summed E-state index contributed by atoms with van der Waals surface area (Å²) in [5.74, 6) is -0.558. The third kappa shape index (κ3) is 3.40. The van der Waals surface area contributed by atoms with E-state index in [0.717, 1.165) is 18.5 Å². The number of hydrogen-bond acceptors (Lipinski definition) is 3. The van der Waals surface area contributed by atoms with Gasteiger partial charge in [-0.2, -0.15) is 0 Å². The molecule has 0 fully saturated rings. The highest BCUT2D eigenvalue weighted by Gasteiger charge is 2.24. The third-order valence-electron chi connectivity index (χ3n) is 4.43. The molecule has 1 atom stereocenters. The predicted molar refractivity (Wildman–Crippen MR) is 95.2 cm³/mol. The topological polar surface area (TPSA) is 75.4 Å². The van der Waals surface area contributed by atoms with Gasteiger partial charge in [-0.05, 0) is 55.7 Å². The number of nitrogens with two attached hydrogens (primary N) is 1. The molecule has 3 N–H and O–H groups in total. The Bertz CT molecular complexity index is 755. The van der Waals surface area contributed by atoms with Crippen molar-refractivity contribution < 1.29 is 9.59 Å². The molecule has 0 saturated heterocycles. The maximum atomic E-state index is 12.4. The summed E-state index contributed by atoms with van der Waals surface area (Å²) in [4.78, 5) is 25.6. The zero-order chi connectivity index (χ0) is 17.1. The molecule has 124 valence electrons. The summed E-state index contributed by atoms with van der Waals surface area (Å²) in [6.07, 6.45) is 2.08. The lowest BCUT2D eigenvalue weighted by Gasteiger charge is -2.36. The summed E-state index contributed by atoms with van der Waals surface area (Å²) >= 11 is 0. The monoisotopic (exact) mass is 323 g/mol. The van der Waals surface area contributed by atoms with E-state index in [1.54, 1.807) is 24.3 Å². The fraction of sp³-hybridized carbons (Fsp3) is 0.263. The summed E-state index contributed by atoms with van der Waals surface area (Å²) in [6, 6.07) is 15.1. The predicted octanol–water partition coefficient (Wildman–Crippen LogP) is 2.57. The molecule has 0 aliphatic carbocycles. The molecular formula is C19H21N3O2. The number of para-hydroxylation sites is 1. The number of carbonyl (C=O) groups is 2. The van der Waals surface area contributed by atoms with E-state index < -0.39 is 5.91 Å². The summed E-state index contributed by atoms with van der Waals surface area (Å²) in [5.41, 5.74) is 8.72. The summed E-state index contributed by atoms with van der Waals surface area (Å²) in [6.45, 7) is 2.45. The van der Waals surface area contributed by atoms with Crippen LogP contribution in [-0.2, 0) is 11.2 Å². The van der Waals surface area contributed by atoms with Crippen LogP contribution >= 0.6 is 0 Å². The second-order valence-corrected chi connectivity index (χ2v) is 6.13. The molecule has 0 spiro atoms. The Kier molecular flexibility index (Phi) is 4.51. The fourth-order valence-electron chi connectivity index (χ4n) is 3.07. The highest BCUT2D eigenvalue weighted by atomic mass is 16.2. The Morgan fingerprint density at radius 2 is 1.88 bits per heavy atom. The van der Waals surface area contributed by atoms with Crippen LogP contribution < -0.4 is 16.0 Å². The normalized spacial score (nSPS) is 16.4. The second kappa shape index (κ2) is 6.74. The highest BCUT2D eigenvalue weighted by molar-refractivity contribution is 5.96. The van der Waals surface area contributed by atoms with Gasteiger partial charge >= 0.3 is 0 Å². The lowest BCUT2D eigenvalue weighted by molar-refractivity contribution is -0.115. The molecule has 5 heteroatoms. The number of fused-ring (bicyclic) bond motifs is 1. The number of benzene rings is 2. The van der Waals surface area contributed by atoms with E-state index in [1.165, 1.54) is 5.56 Å². The van der Waals surface area contributed by atoms with Crippen LogP contribution in [-0.4, -0.2) is 24.4 Å². The molecule has 0 radical (unpaired) electrons. The van der Waals surface area contributed by atoms with Crippen molar-refractivity contribution in [3.8, 4) is 0 Å². The Labute approximate surface area is 141 Å². The van der Waals surface area contributed by atoms with Crippen molar-refractivity contribution in [3.63, 3.8) is 0 Å². The van der Waals surface area contributed by atoms with E-state index in [2.05, 4.69) is 29.3 Å². The van der Waals surface area contributed by atoms with Gasteiger partial charge < -0.3 is 16.0 Å². The fourth-order valence-corrected chi connectivity index (χ4v) is 3.07. The van der Waals surface area contributed by atoms with E-state index in [0.29, 0.717) is 23.8 Å². The Hall–Kier alpha value is -2.82. The average Bonchev–Trinajstić information content (AvgIpc) is 2.58. The standard InChI is InChI=1S/C19H21N3O2/c1-13-6-7-14-4-2-3-5-17(14)22(13)12-18(23)21-16-10-8-15(9-11-16)19(20)24/h2-5,8-11,13H,6-7,12H2,1H3,(H2,20,24)(H,21,23)/t13-/m1/s1. The largest absolute Gasteiger partial charge is 0.366 e. The van der Waals surface area contributed by atoms with E-state index in [9.17, 15) is 9.59 Å². The smallest absolute Gasteiger partial charge is 0.248 e. The number of primary amides is 1. The van der Waals surface area contributed by atoms with Gasteiger partial charge in [0.1, 0.15) is 0 Å². The average molecular weight is 323 g/mol. The van der Waals surface area contributed by atoms with Gasteiger partial charge in [0.05, 0.1) is 6.54 Å². The molecule has 1 aliphatic rings. The van der Waals surface area contributed by atoms with Crippen molar-refractivity contribution in [2.24, 2.45) is 5.73 Å². The summed E-state index contributed by atoms with van der Waals surface area (Å²) in [7, 11) is 0. The molecule has 2 aromatic rings. The summed E-state index contributed by atoms with van der Waals surface area (Å²) < 4.78 is 0. The van der Waals surface area contributed by atoms with Crippen LogP contribution in [0.4, 0.5) is 11.4 Å². The maximum absolute atomic E-state index is 12.4. The number of anilines is 2. The molecule has 0 bridgehead atoms. The number of nitrogens with zero attached hydrogens (tertiary/aromatic N) is 1. The molecule has 2 aromatic carbocycles. The number of nitrogens with one attached hydrogen (secondary N) is 1. The first-order valence-corrected chi connectivity index (χ1v) is 8.09. The zero-order valence-electron chi connectivity index (χ0n) is 13.7. The van der Waals surface area contributed by atoms with Gasteiger partial charge in [-0.15, -0.1) is 0 Å². The van der Waals surface area contributed by atoms with Crippen LogP contribution in [0, 0.1) is 0 Å². The molecule has 0 saturated carbocycles. The minimum Gasteiger partial charge on any atom is -0.366 e. The van der Waals surface area contributed by atoms with Crippen molar-refractivity contribution in [2.45, 2.75) is 25.8 Å². The number of amides is 2. The first-order chi connectivity index (χ1) is 11.5. The van der Waals surface area contributed by atoms with Crippen molar-refractivity contribution in [1.82, 2.24) is 0 Å². The first kappa shape index (κ1) is 16.1. The van der Waals surface area contributed by atoms with Gasteiger partial charge in [-0.1, -0.05) is 18.2 Å². The minimum absolute atomic E-state index is 0.0784. The number of carbonyl (C=O) groups excluding carboxylic acids is 2. The lowest BCUT2D eigenvalue weighted by Crippen LogP contribution is -2.42. The summed E-state index contributed by atoms with van der Waals surface area (Å²) in [5, 5.41) is 2.87. The molecule has 0 unspecified atom stereocenters. The molecule has 3 rings (SSSR count). The van der Waals surface area contributed by atoms with E-state index in [4.69, 9.17) is 5.73 Å². The number of rotatable bonds is 4. The number of hydrogen-bond donors (Lipinski definition) is 2. The molecule has 1 heterocycles. The van der Waals surface area contributed by atoms with Gasteiger partial charge in [0, 0.05) is 23.0 Å². The minimum atomic E-state index is -0.480. The van der Waals surface area contributed by atoms with Crippen molar-refractivity contribution in [3.05, 3.63) is 59.7 Å². The van der Waals surface area contributed by atoms with Gasteiger partial charge in [0.25, 0.3) is 0 Å². The Balaban J connectivity index is 1.69. The van der Waals surface area contributed by atoms with Crippen molar-refractivity contribution in [1.29, 1.82) is 0 Å². The Morgan fingerprint density at radius 3 is 2.58 bits per heavy atom. The van der Waals surface area contributed by atoms with Crippen LogP contribution in [0.3, 0.4) is 0 Å². The van der Waals surface area contributed by atoms with E-state index in [1.807, 2.05) is 12.1 Å². The van der Waals surface area contributed by atoms with Crippen molar-refractivity contribution in [2.75, 3.05) is 16.8 Å². The van der Waals surface area contributed by atoms with Gasteiger partial charge in [-0.25, -0.2) is 0 Å². The molecule has 2 amide bonds. The van der Waals surface area contributed by atoms with Gasteiger partial charge in [0.2, 0.25) is 11.8 Å². The lowest BCUT2D eigenvalue weighted by atomic mass is 9.96. The molecule has 5 nitrogen and oxygen atoms in total. The zero-order valence-corrected chi connectivity index (χ0v) is 13.7. The first-order valence-electron chi connectivity index (χ1n) is 8.09. The highest BCUT2D eigenvalue weighted by Crippen LogP contribution is 2.30. The van der Waals surface area contributed by atoms with Crippen molar-refractivity contribution >= 4 is 23.2 Å². The van der Waals surface area contributed by atoms with Crippen LogP contribution in [0.15, 0.2) is 48.5 Å². The van der Waals surface area contributed by atoms with Crippen LogP contribution in [0.25, 0.3) is 0 Å². The third-order valence-corrected chi connectivity index (χ3v) is 4.43. The second-order valence-electron chi connectivity index (χ2n) is 6.13. The molecule has 24 heavy (non-hydrogen) atoms. The van der Waals surface area contributed by atoms with Crippen LogP contribution in [0.2, 0.25) is 0 Å². The number of aryl methyl sites for hydroxylation is 1. The Morgan fingerprint density at radius 1 is 1.17 bits per heavy atom.